The number of hydrogen-bond donors (Lipinski definition) is 1. The number of phenols is 1. The van der Waals surface area contributed by atoms with Crippen LogP contribution in [0.5, 0.6) is 5.75 Å². The predicted octanol–water partition coefficient (Wildman–Crippen LogP) is 2.06. The molecule has 2 aromatic rings. The van der Waals surface area contributed by atoms with Crippen LogP contribution in [0.4, 0.5) is 0 Å². The zero-order valence-electron chi connectivity index (χ0n) is 10.1. The molecule has 0 saturated heterocycles. The van der Waals surface area contributed by atoms with Crippen molar-refractivity contribution in [2.24, 2.45) is 0 Å². The van der Waals surface area contributed by atoms with Crippen LogP contribution in [0.1, 0.15) is 16.1 Å². The Kier molecular flexibility index (Phi) is 3.57. The fourth-order valence-electron chi connectivity index (χ4n) is 1.67. The molecule has 0 aliphatic heterocycles. The van der Waals surface area contributed by atoms with E-state index in [2.05, 4.69) is 4.98 Å². The molecule has 0 bridgehead atoms. The number of benzene rings is 1. The van der Waals surface area contributed by atoms with Crippen molar-refractivity contribution in [1.82, 2.24) is 9.88 Å². The lowest BCUT2D eigenvalue weighted by Gasteiger charge is -2.17. The van der Waals surface area contributed by atoms with Crippen LogP contribution in [0.15, 0.2) is 48.7 Å². The first-order valence-electron chi connectivity index (χ1n) is 5.62. The molecule has 0 spiro atoms. The third kappa shape index (κ3) is 2.66. The number of aromatic nitrogens is 1. The fraction of sp³-hybridized carbons (Fsp3) is 0.143. The molecule has 0 fully saturated rings. The highest BCUT2D eigenvalue weighted by atomic mass is 16.3. The van der Waals surface area contributed by atoms with Gasteiger partial charge in [-0.15, -0.1) is 0 Å². The van der Waals surface area contributed by atoms with Gasteiger partial charge in [0, 0.05) is 13.2 Å². The summed E-state index contributed by atoms with van der Waals surface area (Å²) in [5.74, 6) is -0.228. The summed E-state index contributed by atoms with van der Waals surface area (Å²) >= 11 is 0. The first-order valence-corrected chi connectivity index (χ1v) is 5.62. The molecule has 0 saturated carbocycles. The van der Waals surface area contributed by atoms with Gasteiger partial charge in [-0.2, -0.15) is 0 Å². The summed E-state index contributed by atoms with van der Waals surface area (Å²) in [7, 11) is 1.68. The van der Waals surface area contributed by atoms with Crippen molar-refractivity contribution in [1.29, 1.82) is 0 Å². The van der Waals surface area contributed by atoms with E-state index in [9.17, 15) is 9.90 Å². The molecule has 1 N–H and O–H groups in total. The van der Waals surface area contributed by atoms with Crippen LogP contribution >= 0.6 is 0 Å². The molecule has 0 radical (unpaired) electrons. The summed E-state index contributed by atoms with van der Waals surface area (Å²) in [6.45, 7) is 0.411. The van der Waals surface area contributed by atoms with Gasteiger partial charge in [0.25, 0.3) is 5.91 Å². The Balaban J connectivity index is 2.13. The first-order chi connectivity index (χ1) is 8.68. The lowest BCUT2D eigenvalue weighted by Crippen LogP contribution is -2.26. The van der Waals surface area contributed by atoms with Gasteiger partial charge in [-0.1, -0.05) is 18.2 Å². The number of para-hydroxylation sites is 1. The maximum atomic E-state index is 12.1. The average Bonchev–Trinajstić information content (AvgIpc) is 2.39. The molecular weight excluding hydrogens is 228 g/mol. The molecule has 1 heterocycles. The number of carbonyl (C=O) groups excluding carboxylic acids is 1. The van der Waals surface area contributed by atoms with E-state index in [-0.39, 0.29) is 11.7 Å². The maximum absolute atomic E-state index is 12.1. The molecule has 1 aromatic heterocycles. The number of nitrogens with zero attached hydrogens (tertiary/aromatic N) is 2. The minimum Gasteiger partial charge on any atom is -0.507 e. The van der Waals surface area contributed by atoms with E-state index in [4.69, 9.17) is 0 Å². The average molecular weight is 242 g/mol. The Morgan fingerprint density at radius 1 is 1.22 bits per heavy atom. The molecule has 1 aromatic carbocycles. The third-order valence-corrected chi connectivity index (χ3v) is 2.61. The zero-order valence-corrected chi connectivity index (χ0v) is 10.1. The summed E-state index contributed by atoms with van der Waals surface area (Å²) in [6.07, 6.45) is 1.69. The molecule has 4 nitrogen and oxygen atoms in total. The minimum absolute atomic E-state index is 0.00429. The van der Waals surface area contributed by atoms with Crippen molar-refractivity contribution in [3.05, 3.63) is 59.9 Å². The van der Waals surface area contributed by atoms with Gasteiger partial charge >= 0.3 is 0 Å². The van der Waals surface area contributed by atoms with Gasteiger partial charge < -0.3 is 10.0 Å². The third-order valence-electron chi connectivity index (χ3n) is 2.61. The van der Waals surface area contributed by atoms with E-state index < -0.39 is 0 Å². The van der Waals surface area contributed by atoms with Gasteiger partial charge in [-0.05, 0) is 24.3 Å². The Labute approximate surface area is 106 Å². The first kappa shape index (κ1) is 12.1. The van der Waals surface area contributed by atoms with Crippen LogP contribution in [-0.4, -0.2) is 27.9 Å². The molecule has 92 valence electrons. The largest absolute Gasteiger partial charge is 0.507 e. The van der Waals surface area contributed by atoms with E-state index in [1.165, 1.54) is 11.0 Å². The van der Waals surface area contributed by atoms with Gasteiger partial charge in [0.05, 0.1) is 17.8 Å². The highest BCUT2D eigenvalue weighted by molar-refractivity contribution is 5.96. The van der Waals surface area contributed by atoms with Crippen molar-refractivity contribution in [2.75, 3.05) is 7.05 Å². The molecule has 2 rings (SSSR count). The number of pyridine rings is 1. The summed E-state index contributed by atoms with van der Waals surface area (Å²) < 4.78 is 0. The van der Waals surface area contributed by atoms with Crippen LogP contribution < -0.4 is 0 Å². The van der Waals surface area contributed by atoms with Gasteiger partial charge in [0.1, 0.15) is 5.75 Å². The highest BCUT2D eigenvalue weighted by Gasteiger charge is 2.15. The molecule has 0 unspecified atom stereocenters. The van der Waals surface area contributed by atoms with Crippen LogP contribution in [0.25, 0.3) is 0 Å². The number of carbonyl (C=O) groups is 1. The van der Waals surface area contributed by atoms with E-state index in [0.29, 0.717) is 12.1 Å². The van der Waals surface area contributed by atoms with Crippen molar-refractivity contribution >= 4 is 5.91 Å². The quantitative estimate of drug-likeness (QED) is 0.896. The van der Waals surface area contributed by atoms with Crippen LogP contribution in [-0.2, 0) is 6.54 Å². The molecular formula is C14H14N2O2. The Morgan fingerprint density at radius 3 is 2.61 bits per heavy atom. The van der Waals surface area contributed by atoms with Crippen LogP contribution in [0, 0.1) is 0 Å². The van der Waals surface area contributed by atoms with Gasteiger partial charge in [0.2, 0.25) is 0 Å². The maximum Gasteiger partial charge on any atom is 0.257 e. The number of phenolic OH excluding ortho intramolecular Hbond substituents is 1. The fourth-order valence-corrected chi connectivity index (χ4v) is 1.67. The molecule has 0 aliphatic carbocycles. The van der Waals surface area contributed by atoms with Gasteiger partial charge in [-0.3, -0.25) is 9.78 Å². The number of hydrogen-bond acceptors (Lipinski definition) is 3. The SMILES string of the molecule is CN(Cc1ccccn1)C(=O)c1ccccc1O. The van der Waals surface area contributed by atoms with Crippen LogP contribution in [0.3, 0.4) is 0 Å². The van der Waals surface area contributed by atoms with Crippen molar-refractivity contribution < 1.29 is 9.90 Å². The number of rotatable bonds is 3. The lowest BCUT2D eigenvalue weighted by molar-refractivity contribution is 0.0780. The summed E-state index contributed by atoms with van der Waals surface area (Å²) in [5.41, 5.74) is 1.11. The summed E-state index contributed by atoms with van der Waals surface area (Å²) in [5, 5.41) is 9.63. The minimum atomic E-state index is -0.223. The van der Waals surface area contributed by atoms with Crippen molar-refractivity contribution in [2.45, 2.75) is 6.54 Å². The second kappa shape index (κ2) is 5.31. The topological polar surface area (TPSA) is 53.4 Å². The monoisotopic (exact) mass is 242 g/mol. The molecule has 18 heavy (non-hydrogen) atoms. The van der Waals surface area contributed by atoms with E-state index >= 15 is 0 Å². The molecule has 1 amide bonds. The molecule has 0 aliphatic rings. The Bertz CT molecular complexity index is 541. The molecule has 4 heteroatoms. The normalized spacial score (nSPS) is 10.1. The van der Waals surface area contributed by atoms with Gasteiger partial charge in [0.15, 0.2) is 0 Å². The van der Waals surface area contributed by atoms with E-state index in [1.807, 2.05) is 18.2 Å². The predicted molar refractivity (Wildman–Crippen MR) is 68.1 cm³/mol. The standard InChI is InChI=1S/C14H14N2O2/c1-16(10-11-6-4-5-9-15-11)14(18)12-7-2-3-8-13(12)17/h2-9,17H,10H2,1H3. The summed E-state index contributed by atoms with van der Waals surface area (Å²) in [6, 6.07) is 12.1. The Morgan fingerprint density at radius 2 is 1.94 bits per heavy atom. The number of aromatic hydroxyl groups is 1. The van der Waals surface area contributed by atoms with E-state index in [1.54, 1.807) is 31.4 Å². The van der Waals surface area contributed by atoms with Gasteiger partial charge in [-0.25, -0.2) is 0 Å². The highest BCUT2D eigenvalue weighted by Crippen LogP contribution is 2.17. The zero-order chi connectivity index (χ0) is 13.0. The smallest absolute Gasteiger partial charge is 0.257 e. The second-order valence-corrected chi connectivity index (χ2v) is 4.00. The second-order valence-electron chi connectivity index (χ2n) is 4.00. The molecule has 0 atom stereocenters. The summed E-state index contributed by atoms with van der Waals surface area (Å²) in [4.78, 5) is 17.8. The van der Waals surface area contributed by atoms with E-state index in [0.717, 1.165) is 5.69 Å². The van der Waals surface area contributed by atoms with Crippen molar-refractivity contribution in [3.63, 3.8) is 0 Å². The Hall–Kier alpha value is -2.36. The van der Waals surface area contributed by atoms with Crippen molar-refractivity contribution in [3.8, 4) is 5.75 Å². The number of amides is 1. The van der Waals surface area contributed by atoms with Crippen LogP contribution in [0.2, 0.25) is 0 Å². The lowest BCUT2D eigenvalue weighted by atomic mass is 10.1.